The fourth-order valence-corrected chi connectivity index (χ4v) is 4.51. The summed E-state index contributed by atoms with van der Waals surface area (Å²) in [6.45, 7) is 1.86. The van der Waals surface area contributed by atoms with E-state index in [1.54, 1.807) is 32.4 Å². The second-order valence-corrected chi connectivity index (χ2v) is 8.54. The molecule has 7 heteroatoms. The van der Waals surface area contributed by atoms with Gasteiger partial charge in [-0.05, 0) is 47.9 Å². The molecule has 3 aromatic carbocycles. The molecule has 0 atom stereocenters. The highest BCUT2D eigenvalue weighted by atomic mass is 35.5. The van der Waals surface area contributed by atoms with Crippen molar-refractivity contribution in [2.45, 2.75) is 13.0 Å². The number of fused-ring (bicyclic) bond motifs is 3. The maximum absolute atomic E-state index is 13.4. The molecule has 0 saturated heterocycles. The summed E-state index contributed by atoms with van der Waals surface area (Å²) in [5.41, 5.74) is 3.57. The number of hydrogen-bond acceptors (Lipinski definition) is 6. The molecule has 6 nitrogen and oxygen atoms in total. The van der Waals surface area contributed by atoms with Gasteiger partial charge in [-0.1, -0.05) is 35.9 Å². The molecule has 0 radical (unpaired) electrons. The second kappa shape index (κ2) is 9.41. The normalized spacial score (nSPS) is 13.4. The summed E-state index contributed by atoms with van der Waals surface area (Å²) in [5, 5.41) is 1.28. The molecule has 4 aromatic rings. The Bertz CT molecular complexity index is 1410. The van der Waals surface area contributed by atoms with Gasteiger partial charge in [-0.25, -0.2) is 0 Å². The third-order valence-electron chi connectivity index (χ3n) is 6.14. The summed E-state index contributed by atoms with van der Waals surface area (Å²) in [4.78, 5) is 15.6. The molecule has 2 heterocycles. The van der Waals surface area contributed by atoms with E-state index < -0.39 is 0 Å². The average Bonchev–Trinajstić information content (AvgIpc) is 2.88. The molecule has 0 amide bonds. The van der Waals surface area contributed by atoms with Gasteiger partial charge in [-0.2, -0.15) is 0 Å². The van der Waals surface area contributed by atoms with Crippen LogP contribution in [0.1, 0.15) is 11.1 Å². The Kier molecular flexibility index (Phi) is 6.18. The minimum Gasteiger partial charge on any atom is -0.493 e. The molecule has 0 saturated carbocycles. The fourth-order valence-electron chi connectivity index (χ4n) is 4.28. The highest BCUT2D eigenvalue weighted by Gasteiger charge is 2.23. The third kappa shape index (κ3) is 4.11. The van der Waals surface area contributed by atoms with Crippen molar-refractivity contribution >= 4 is 22.6 Å². The van der Waals surface area contributed by atoms with Crippen LogP contribution in [-0.4, -0.2) is 32.4 Å². The van der Waals surface area contributed by atoms with Crippen molar-refractivity contribution < 1.29 is 18.6 Å². The number of ether oxygens (including phenoxy) is 3. The summed E-state index contributed by atoms with van der Waals surface area (Å²) in [6.07, 6.45) is 2.31. The molecule has 5 rings (SSSR count). The lowest BCUT2D eigenvalue weighted by Crippen LogP contribution is -2.33. The molecular formula is C27H24ClNO5. The number of rotatable bonds is 6. The molecule has 0 unspecified atom stereocenters. The van der Waals surface area contributed by atoms with Crippen LogP contribution in [-0.2, 0) is 13.0 Å². The molecule has 0 bridgehead atoms. The van der Waals surface area contributed by atoms with Crippen LogP contribution in [0.2, 0.25) is 5.02 Å². The zero-order chi connectivity index (χ0) is 23.7. The first-order valence-corrected chi connectivity index (χ1v) is 11.3. The van der Waals surface area contributed by atoms with Gasteiger partial charge in [0.2, 0.25) is 5.43 Å². The van der Waals surface area contributed by atoms with Crippen LogP contribution in [0.15, 0.2) is 70.1 Å². The molecule has 174 valence electrons. The van der Waals surface area contributed by atoms with Crippen molar-refractivity contribution in [3.63, 3.8) is 0 Å². The Morgan fingerprint density at radius 2 is 1.85 bits per heavy atom. The van der Waals surface area contributed by atoms with Crippen LogP contribution in [0.3, 0.4) is 0 Å². The molecule has 0 spiro atoms. The van der Waals surface area contributed by atoms with Crippen molar-refractivity contribution in [2.75, 3.05) is 27.5 Å². The van der Waals surface area contributed by atoms with E-state index in [1.165, 1.54) is 6.26 Å². The van der Waals surface area contributed by atoms with Crippen molar-refractivity contribution in [3.8, 4) is 28.4 Å². The van der Waals surface area contributed by atoms with E-state index in [-0.39, 0.29) is 5.43 Å². The van der Waals surface area contributed by atoms with Gasteiger partial charge < -0.3 is 18.6 Å². The average molecular weight is 478 g/mol. The highest BCUT2D eigenvalue weighted by molar-refractivity contribution is 6.31. The first-order valence-electron chi connectivity index (χ1n) is 11.0. The number of halogens is 1. The van der Waals surface area contributed by atoms with Crippen molar-refractivity contribution in [2.24, 2.45) is 0 Å². The van der Waals surface area contributed by atoms with Gasteiger partial charge in [0.1, 0.15) is 24.3 Å². The van der Waals surface area contributed by atoms with Gasteiger partial charge in [0.25, 0.3) is 0 Å². The van der Waals surface area contributed by atoms with Gasteiger partial charge in [0.15, 0.2) is 11.5 Å². The van der Waals surface area contributed by atoms with E-state index in [2.05, 4.69) is 4.90 Å². The lowest BCUT2D eigenvalue weighted by Gasteiger charge is -2.29. The van der Waals surface area contributed by atoms with Gasteiger partial charge in [0.05, 0.1) is 30.7 Å². The Morgan fingerprint density at radius 3 is 2.65 bits per heavy atom. The Labute approximate surface area is 202 Å². The smallest absolute Gasteiger partial charge is 0.200 e. The lowest BCUT2D eigenvalue weighted by atomic mass is 10.0. The third-order valence-corrected chi connectivity index (χ3v) is 6.50. The lowest BCUT2D eigenvalue weighted by molar-refractivity contribution is 0.0968. The summed E-state index contributed by atoms with van der Waals surface area (Å²) in [5.74, 6) is 1.88. The largest absolute Gasteiger partial charge is 0.493 e. The maximum Gasteiger partial charge on any atom is 0.200 e. The summed E-state index contributed by atoms with van der Waals surface area (Å²) in [7, 11) is 3.14. The predicted molar refractivity (Wildman–Crippen MR) is 132 cm³/mol. The molecular weight excluding hydrogens is 454 g/mol. The molecule has 0 N–H and O–H groups in total. The van der Waals surface area contributed by atoms with E-state index in [4.69, 9.17) is 30.2 Å². The van der Waals surface area contributed by atoms with Crippen LogP contribution in [0.25, 0.3) is 22.1 Å². The zero-order valence-electron chi connectivity index (χ0n) is 19.0. The number of benzene rings is 3. The monoisotopic (exact) mass is 477 g/mol. The van der Waals surface area contributed by atoms with Crippen molar-refractivity contribution in [3.05, 3.63) is 87.2 Å². The molecule has 1 aromatic heterocycles. The van der Waals surface area contributed by atoms with Gasteiger partial charge in [-0.15, -0.1) is 0 Å². The van der Waals surface area contributed by atoms with Crippen LogP contribution >= 0.6 is 11.6 Å². The Morgan fingerprint density at radius 1 is 1.03 bits per heavy atom. The van der Waals surface area contributed by atoms with Crippen LogP contribution in [0, 0.1) is 0 Å². The van der Waals surface area contributed by atoms with E-state index in [0.717, 1.165) is 34.9 Å². The summed E-state index contributed by atoms with van der Waals surface area (Å²) in [6, 6.07) is 16.8. The standard InChI is InChI=1S/C27H24ClNO5/c1-31-24-9-7-18(13-25(24)32-2)21-15-33-27-19(26(21)30)8-10-23-20(27)14-29(16-34-23)12-11-17-5-3-4-6-22(17)28/h3-10,13,15H,11-12,14,16H2,1-2H3. The van der Waals surface area contributed by atoms with Crippen molar-refractivity contribution in [1.29, 1.82) is 0 Å². The Balaban J connectivity index is 1.46. The van der Waals surface area contributed by atoms with Crippen molar-refractivity contribution in [1.82, 2.24) is 4.90 Å². The van der Waals surface area contributed by atoms with E-state index in [9.17, 15) is 4.79 Å². The SMILES string of the molecule is COc1ccc(-c2coc3c4c(ccc3c2=O)OCN(CCc2ccccc2Cl)C4)cc1OC. The van der Waals surface area contributed by atoms with Crippen LogP contribution < -0.4 is 19.6 Å². The second-order valence-electron chi connectivity index (χ2n) is 8.13. The topological polar surface area (TPSA) is 61.1 Å². The molecule has 1 aliphatic heterocycles. The van der Waals surface area contributed by atoms with E-state index in [1.807, 2.05) is 36.4 Å². The van der Waals surface area contributed by atoms with Crippen LogP contribution in [0.4, 0.5) is 0 Å². The molecule has 0 aliphatic carbocycles. The van der Waals surface area contributed by atoms with Crippen LogP contribution in [0.5, 0.6) is 17.2 Å². The zero-order valence-corrected chi connectivity index (χ0v) is 19.7. The minimum absolute atomic E-state index is 0.107. The Hall–Kier alpha value is -3.48. The van der Waals surface area contributed by atoms with Gasteiger partial charge in [0, 0.05) is 18.1 Å². The number of nitrogens with zero attached hydrogens (tertiary/aromatic N) is 1. The fraction of sp³-hybridized carbons (Fsp3) is 0.222. The molecule has 0 fully saturated rings. The summed E-state index contributed by atoms with van der Waals surface area (Å²) >= 11 is 6.31. The first kappa shape index (κ1) is 22.3. The first-order chi connectivity index (χ1) is 16.6. The predicted octanol–water partition coefficient (Wildman–Crippen LogP) is 5.53. The molecule has 34 heavy (non-hydrogen) atoms. The number of hydrogen-bond donors (Lipinski definition) is 0. The number of methoxy groups -OCH3 is 2. The van der Waals surface area contributed by atoms with E-state index >= 15 is 0 Å². The maximum atomic E-state index is 13.4. The van der Waals surface area contributed by atoms with Gasteiger partial charge >= 0.3 is 0 Å². The van der Waals surface area contributed by atoms with Gasteiger partial charge in [-0.3, -0.25) is 9.69 Å². The quantitative estimate of drug-likeness (QED) is 0.364. The summed E-state index contributed by atoms with van der Waals surface area (Å²) < 4.78 is 22.7. The minimum atomic E-state index is -0.107. The highest BCUT2D eigenvalue weighted by Crippen LogP contribution is 2.35. The molecule has 1 aliphatic rings. The van der Waals surface area contributed by atoms with E-state index in [0.29, 0.717) is 46.9 Å².